The molecule has 0 aromatic heterocycles. The summed E-state index contributed by atoms with van der Waals surface area (Å²) in [6.07, 6.45) is 4.21. The topological polar surface area (TPSA) is 107 Å². The van der Waals surface area contributed by atoms with Crippen molar-refractivity contribution < 1.29 is 13.3 Å². The van der Waals surface area contributed by atoms with Crippen molar-refractivity contribution in [2.75, 3.05) is 19.3 Å². The number of nitro groups is 1. The summed E-state index contributed by atoms with van der Waals surface area (Å²) in [5, 5.41) is 11.1. The van der Waals surface area contributed by atoms with Crippen LogP contribution in [0.25, 0.3) is 0 Å². The van der Waals surface area contributed by atoms with Crippen molar-refractivity contribution in [1.29, 1.82) is 0 Å². The van der Waals surface area contributed by atoms with E-state index in [1.165, 1.54) is 29.6 Å². The normalized spacial score (nSPS) is 16.5. The number of para-hydroxylation sites is 1. The smallest absolute Gasteiger partial charge is 0.312 e. The molecule has 1 aliphatic rings. The van der Waals surface area contributed by atoms with Crippen LogP contribution in [-0.4, -0.2) is 31.2 Å². The third-order valence-corrected chi connectivity index (χ3v) is 5.75. The van der Waals surface area contributed by atoms with Crippen molar-refractivity contribution in [3.8, 4) is 0 Å². The quantitative estimate of drug-likeness (QED) is 0.508. The molecule has 1 aliphatic carbocycles. The Hall–Kier alpha value is -1.67. The first-order valence-electron chi connectivity index (χ1n) is 6.83. The summed E-state index contributed by atoms with van der Waals surface area (Å²) in [4.78, 5) is 10.0. The first-order chi connectivity index (χ1) is 9.84. The van der Waals surface area contributed by atoms with E-state index in [0.29, 0.717) is 12.5 Å². The second-order valence-electron chi connectivity index (χ2n) is 5.39. The summed E-state index contributed by atoms with van der Waals surface area (Å²) >= 11 is 0. The van der Waals surface area contributed by atoms with Gasteiger partial charge in [0.15, 0.2) is 4.90 Å². The van der Waals surface area contributed by atoms with Gasteiger partial charge < -0.3 is 5.73 Å². The van der Waals surface area contributed by atoms with E-state index >= 15 is 0 Å². The summed E-state index contributed by atoms with van der Waals surface area (Å²) in [7, 11) is -2.45. The highest BCUT2D eigenvalue weighted by Crippen LogP contribution is 2.33. The molecule has 0 aliphatic heterocycles. The maximum atomic E-state index is 12.6. The van der Waals surface area contributed by atoms with Crippen LogP contribution in [-0.2, 0) is 10.0 Å². The molecule has 1 aromatic carbocycles. The molecule has 1 fully saturated rings. The number of anilines is 1. The molecular formula is C13H19N3O4S. The van der Waals surface area contributed by atoms with Crippen molar-refractivity contribution in [3.05, 3.63) is 28.3 Å². The van der Waals surface area contributed by atoms with Gasteiger partial charge in [-0.2, -0.15) is 0 Å². The maximum Gasteiger partial charge on any atom is 0.312 e. The summed E-state index contributed by atoms with van der Waals surface area (Å²) in [5.74, 6) is 0.324. The number of sulfonamides is 1. The van der Waals surface area contributed by atoms with E-state index < -0.39 is 20.6 Å². The molecule has 21 heavy (non-hydrogen) atoms. The minimum atomic E-state index is -3.91. The van der Waals surface area contributed by atoms with Gasteiger partial charge in [0.25, 0.3) is 0 Å². The molecule has 0 bridgehead atoms. The van der Waals surface area contributed by atoms with Crippen LogP contribution in [0.15, 0.2) is 23.1 Å². The van der Waals surface area contributed by atoms with Crippen LogP contribution in [0.2, 0.25) is 0 Å². The lowest BCUT2D eigenvalue weighted by molar-refractivity contribution is -0.386. The third-order valence-electron chi connectivity index (χ3n) is 3.89. The van der Waals surface area contributed by atoms with Crippen LogP contribution < -0.4 is 5.73 Å². The number of nitrogens with two attached hydrogens (primary N) is 1. The molecule has 0 saturated heterocycles. The van der Waals surface area contributed by atoms with Gasteiger partial charge in [0.1, 0.15) is 5.69 Å². The first-order valence-corrected chi connectivity index (χ1v) is 8.27. The highest BCUT2D eigenvalue weighted by Gasteiger charge is 2.32. The van der Waals surface area contributed by atoms with Crippen LogP contribution in [0.5, 0.6) is 0 Å². The zero-order valence-electron chi connectivity index (χ0n) is 11.9. The third kappa shape index (κ3) is 3.16. The molecule has 2 N–H and O–H groups in total. The van der Waals surface area contributed by atoms with Crippen LogP contribution in [0, 0.1) is 16.0 Å². The molecule has 0 heterocycles. The van der Waals surface area contributed by atoms with Gasteiger partial charge in [-0.3, -0.25) is 10.1 Å². The van der Waals surface area contributed by atoms with Gasteiger partial charge in [-0.1, -0.05) is 18.9 Å². The predicted molar refractivity (Wildman–Crippen MR) is 79.3 cm³/mol. The highest BCUT2D eigenvalue weighted by molar-refractivity contribution is 7.89. The fraction of sp³-hybridized carbons (Fsp3) is 0.538. The van der Waals surface area contributed by atoms with Crippen molar-refractivity contribution >= 4 is 21.4 Å². The average molecular weight is 313 g/mol. The van der Waals surface area contributed by atoms with Gasteiger partial charge in [-0.05, 0) is 30.9 Å². The molecule has 7 nitrogen and oxygen atoms in total. The molecule has 2 rings (SSSR count). The summed E-state index contributed by atoms with van der Waals surface area (Å²) < 4.78 is 26.3. The lowest BCUT2D eigenvalue weighted by Gasteiger charge is -2.20. The van der Waals surface area contributed by atoms with Crippen LogP contribution in [0.3, 0.4) is 0 Å². The van der Waals surface area contributed by atoms with Gasteiger partial charge in [-0.25, -0.2) is 12.7 Å². The van der Waals surface area contributed by atoms with Crippen molar-refractivity contribution in [3.63, 3.8) is 0 Å². The molecule has 0 atom stereocenters. The molecule has 1 aromatic rings. The summed E-state index contributed by atoms with van der Waals surface area (Å²) in [6.45, 7) is 0.383. The predicted octanol–water partition coefficient (Wildman–Crippen LogP) is 1.99. The van der Waals surface area contributed by atoms with E-state index in [4.69, 9.17) is 5.73 Å². The average Bonchev–Trinajstić information content (AvgIpc) is 2.90. The Morgan fingerprint density at radius 2 is 2.00 bits per heavy atom. The lowest BCUT2D eigenvalue weighted by atomic mass is 10.1. The fourth-order valence-electron chi connectivity index (χ4n) is 2.77. The Morgan fingerprint density at radius 3 is 2.57 bits per heavy atom. The van der Waals surface area contributed by atoms with Gasteiger partial charge in [0, 0.05) is 13.6 Å². The van der Waals surface area contributed by atoms with Crippen LogP contribution in [0.1, 0.15) is 25.7 Å². The molecule has 8 heteroatoms. The minimum absolute atomic E-state index is 0.143. The highest BCUT2D eigenvalue weighted by atomic mass is 32.2. The van der Waals surface area contributed by atoms with Crippen LogP contribution in [0.4, 0.5) is 11.4 Å². The van der Waals surface area contributed by atoms with E-state index in [2.05, 4.69) is 0 Å². The standard InChI is InChI=1S/C13H19N3O4S/c1-15(9-10-5-2-3-6-10)21(19,20)12-8-4-7-11(14)13(12)16(17)18/h4,7-8,10H,2-3,5-6,9,14H2,1H3. The molecule has 0 unspecified atom stereocenters. The van der Waals surface area contributed by atoms with Crippen LogP contribution >= 0.6 is 0 Å². The number of rotatable bonds is 5. The Kier molecular flexibility index (Phi) is 4.48. The zero-order valence-corrected chi connectivity index (χ0v) is 12.7. The second-order valence-corrected chi connectivity index (χ2v) is 7.40. The van der Waals surface area contributed by atoms with E-state index in [9.17, 15) is 18.5 Å². The number of hydrogen-bond acceptors (Lipinski definition) is 5. The van der Waals surface area contributed by atoms with Crippen molar-refractivity contribution in [1.82, 2.24) is 4.31 Å². The molecular weight excluding hydrogens is 294 g/mol. The Morgan fingerprint density at radius 1 is 1.38 bits per heavy atom. The van der Waals surface area contributed by atoms with Crippen molar-refractivity contribution in [2.45, 2.75) is 30.6 Å². The number of hydrogen-bond donors (Lipinski definition) is 1. The lowest BCUT2D eigenvalue weighted by Crippen LogP contribution is -2.31. The Labute approximate surface area is 123 Å². The molecule has 0 amide bonds. The number of nitrogens with zero attached hydrogens (tertiary/aromatic N) is 2. The van der Waals surface area contributed by atoms with Gasteiger partial charge in [0.05, 0.1) is 4.92 Å². The zero-order chi connectivity index (χ0) is 15.6. The van der Waals surface area contributed by atoms with Gasteiger partial charge in [0.2, 0.25) is 10.0 Å². The van der Waals surface area contributed by atoms with E-state index in [0.717, 1.165) is 25.7 Å². The maximum absolute atomic E-state index is 12.6. The molecule has 1 saturated carbocycles. The van der Waals surface area contributed by atoms with Gasteiger partial charge >= 0.3 is 5.69 Å². The largest absolute Gasteiger partial charge is 0.393 e. The van der Waals surface area contributed by atoms with Gasteiger partial charge in [-0.15, -0.1) is 0 Å². The fourth-order valence-corrected chi connectivity index (χ4v) is 4.20. The van der Waals surface area contributed by atoms with E-state index in [1.807, 2.05) is 0 Å². The second kappa shape index (κ2) is 5.98. The molecule has 0 radical (unpaired) electrons. The summed E-state index contributed by atoms with van der Waals surface area (Å²) in [5.41, 5.74) is 4.87. The Balaban J connectivity index is 2.34. The Bertz CT molecular complexity index is 639. The van der Waals surface area contributed by atoms with Crippen molar-refractivity contribution in [2.24, 2.45) is 5.92 Å². The molecule has 116 valence electrons. The number of nitro benzene ring substituents is 1. The van der Waals surface area contributed by atoms with E-state index in [1.54, 1.807) is 0 Å². The first kappa shape index (κ1) is 15.7. The SMILES string of the molecule is CN(CC1CCCC1)S(=O)(=O)c1cccc(N)c1[N+](=O)[O-]. The summed E-state index contributed by atoms with van der Waals surface area (Å²) in [6, 6.07) is 3.97. The van der Waals surface area contributed by atoms with E-state index in [-0.39, 0.29) is 10.6 Å². The monoisotopic (exact) mass is 313 g/mol. The minimum Gasteiger partial charge on any atom is -0.393 e. The number of benzene rings is 1. The molecule has 0 spiro atoms. The number of nitrogen functional groups attached to an aromatic ring is 1.